The Bertz CT molecular complexity index is 418. The van der Waals surface area contributed by atoms with Crippen LogP contribution in [0.1, 0.15) is 26.7 Å². The van der Waals surface area contributed by atoms with Gasteiger partial charge in [0.25, 0.3) is 0 Å². The third-order valence-electron chi connectivity index (χ3n) is 4.72. The Morgan fingerprint density at radius 3 is 2.37 bits per heavy atom. The average molecular weight is 284 g/mol. The molecule has 0 spiro atoms. The molecule has 4 fully saturated rings. The average Bonchev–Trinajstić information content (AvgIpc) is 2.73. The smallest absolute Gasteiger partial charge is 0.184 e. The quantitative estimate of drug-likeness (QED) is 0.729. The molecule has 0 aromatic carbocycles. The molecule has 2 bridgehead atoms. The number of rotatable bonds is 2. The zero-order chi connectivity index (χ0) is 13.6. The summed E-state index contributed by atoms with van der Waals surface area (Å²) in [6, 6.07) is 0. The van der Waals surface area contributed by atoms with Crippen molar-refractivity contribution >= 4 is 8.32 Å². The molecule has 0 unspecified atom stereocenters. The molecule has 4 rings (SSSR count). The standard InChI is InChI=1S/C14H24O4Si/c1-13(2)16-11-9-7-14(18-19(3,4)5)6-8(14)10(15-9)12(11)17-13/h8-12H,6-7H2,1-5H3/t8-,9-,10+,11-,12+,14-/m0/s1. The van der Waals surface area contributed by atoms with Crippen LogP contribution in [0.5, 0.6) is 0 Å². The number of fused-ring (bicyclic) bond motifs is 7. The van der Waals surface area contributed by atoms with Crippen LogP contribution in [0.25, 0.3) is 0 Å². The van der Waals surface area contributed by atoms with E-state index in [1.165, 1.54) is 0 Å². The SMILES string of the molecule is CC1(C)O[C@H]2[C@@H](O1)[C@@H]1C[C@@]3(O[Si](C)(C)C)C[C@H]3[C@H]2O1. The summed E-state index contributed by atoms with van der Waals surface area (Å²) in [6.07, 6.45) is 2.69. The van der Waals surface area contributed by atoms with Gasteiger partial charge in [0.2, 0.25) is 0 Å². The van der Waals surface area contributed by atoms with Gasteiger partial charge in [0.05, 0.1) is 17.8 Å². The van der Waals surface area contributed by atoms with Gasteiger partial charge >= 0.3 is 0 Å². The Labute approximate surface area is 115 Å². The highest BCUT2D eigenvalue weighted by Crippen LogP contribution is 2.63. The van der Waals surface area contributed by atoms with Crippen molar-refractivity contribution in [3.8, 4) is 0 Å². The van der Waals surface area contributed by atoms with Gasteiger partial charge in [-0.05, 0) is 39.9 Å². The highest BCUT2D eigenvalue weighted by Gasteiger charge is 2.73. The van der Waals surface area contributed by atoms with Gasteiger partial charge in [-0.25, -0.2) is 0 Å². The van der Waals surface area contributed by atoms with Gasteiger partial charge in [0.1, 0.15) is 12.2 Å². The van der Waals surface area contributed by atoms with E-state index >= 15 is 0 Å². The van der Waals surface area contributed by atoms with Gasteiger partial charge in [-0.15, -0.1) is 0 Å². The fraction of sp³-hybridized carbons (Fsp3) is 1.00. The van der Waals surface area contributed by atoms with E-state index < -0.39 is 14.1 Å². The molecule has 0 radical (unpaired) electrons. The van der Waals surface area contributed by atoms with Gasteiger partial charge in [-0.3, -0.25) is 0 Å². The van der Waals surface area contributed by atoms with Crippen molar-refractivity contribution in [2.45, 2.75) is 82.1 Å². The first-order chi connectivity index (χ1) is 8.69. The largest absolute Gasteiger partial charge is 0.412 e. The molecule has 4 nitrogen and oxygen atoms in total. The summed E-state index contributed by atoms with van der Waals surface area (Å²) in [7, 11) is -1.51. The maximum atomic E-state index is 6.49. The first kappa shape index (κ1) is 12.8. The summed E-state index contributed by atoms with van der Waals surface area (Å²) in [6.45, 7) is 10.8. The summed E-state index contributed by atoms with van der Waals surface area (Å²) in [5.41, 5.74) is 0.0826. The van der Waals surface area contributed by atoms with Crippen LogP contribution >= 0.6 is 0 Å². The van der Waals surface area contributed by atoms with Crippen LogP contribution in [0.15, 0.2) is 0 Å². The van der Waals surface area contributed by atoms with Crippen LogP contribution in [0, 0.1) is 5.92 Å². The third kappa shape index (κ3) is 1.86. The minimum Gasteiger partial charge on any atom is -0.412 e. The molecule has 6 atom stereocenters. The monoisotopic (exact) mass is 284 g/mol. The van der Waals surface area contributed by atoms with E-state index in [0.29, 0.717) is 5.92 Å². The zero-order valence-corrected chi connectivity index (χ0v) is 13.4. The molecular formula is C14H24O4Si. The van der Waals surface area contributed by atoms with E-state index in [1.54, 1.807) is 0 Å². The van der Waals surface area contributed by atoms with Crippen molar-refractivity contribution in [2.75, 3.05) is 0 Å². The van der Waals surface area contributed by atoms with Gasteiger partial charge in [-0.1, -0.05) is 0 Å². The first-order valence-electron chi connectivity index (χ1n) is 7.40. The predicted octanol–water partition coefficient (Wildman–Crippen LogP) is 2.29. The lowest BCUT2D eigenvalue weighted by Gasteiger charge is -2.35. The summed E-state index contributed by atoms with van der Waals surface area (Å²) in [5.74, 6) is 0.0624. The Morgan fingerprint density at radius 2 is 1.68 bits per heavy atom. The molecule has 0 N–H and O–H groups in total. The Balaban J connectivity index is 1.57. The molecule has 3 heterocycles. The molecule has 3 aliphatic heterocycles. The lowest BCUT2D eigenvalue weighted by Crippen LogP contribution is -2.43. The molecule has 1 saturated carbocycles. The van der Waals surface area contributed by atoms with Crippen molar-refractivity contribution in [1.82, 2.24) is 0 Å². The van der Waals surface area contributed by atoms with E-state index in [4.69, 9.17) is 18.6 Å². The second kappa shape index (κ2) is 3.44. The van der Waals surface area contributed by atoms with Crippen LogP contribution in [-0.4, -0.2) is 44.1 Å². The minimum atomic E-state index is -1.51. The molecule has 19 heavy (non-hydrogen) atoms. The molecule has 108 valence electrons. The van der Waals surface area contributed by atoms with E-state index in [1.807, 2.05) is 13.8 Å². The summed E-state index contributed by atoms with van der Waals surface area (Å²) in [4.78, 5) is 0. The van der Waals surface area contributed by atoms with Crippen LogP contribution in [-0.2, 0) is 18.6 Å². The zero-order valence-electron chi connectivity index (χ0n) is 12.4. The normalized spacial score (nSPS) is 53.8. The fourth-order valence-electron chi connectivity index (χ4n) is 4.28. The Hall–Kier alpha value is 0.0569. The second-order valence-electron chi connectivity index (χ2n) is 8.00. The fourth-order valence-corrected chi connectivity index (χ4v) is 5.81. The second-order valence-corrected chi connectivity index (χ2v) is 12.4. The van der Waals surface area contributed by atoms with Crippen molar-refractivity contribution < 1.29 is 18.6 Å². The molecule has 5 heteroatoms. The molecule has 1 aliphatic carbocycles. The lowest BCUT2D eigenvalue weighted by atomic mass is 10.1. The summed E-state index contributed by atoms with van der Waals surface area (Å²) >= 11 is 0. The molecule has 0 aromatic heterocycles. The maximum Gasteiger partial charge on any atom is 0.184 e. The van der Waals surface area contributed by atoms with Gasteiger partial charge in [-0.2, -0.15) is 0 Å². The maximum absolute atomic E-state index is 6.49. The van der Waals surface area contributed by atoms with Gasteiger partial charge in [0, 0.05) is 12.3 Å². The number of ether oxygens (including phenoxy) is 3. The van der Waals surface area contributed by atoms with Crippen molar-refractivity contribution in [1.29, 1.82) is 0 Å². The van der Waals surface area contributed by atoms with Crippen molar-refractivity contribution in [2.24, 2.45) is 5.92 Å². The highest BCUT2D eigenvalue weighted by atomic mass is 28.4. The van der Waals surface area contributed by atoms with Crippen LogP contribution in [0.2, 0.25) is 19.6 Å². The highest BCUT2D eigenvalue weighted by molar-refractivity contribution is 6.69. The van der Waals surface area contributed by atoms with Crippen molar-refractivity contribution in [3.63, 3.8) is 0 Å². The Morgan fingerprint density at radius 1 is 1.00 bits per heavy atom. The van der Waals surface area contributed by atoms with Crippen LogP contribution in [0.3, 0.4) is 0 Å². The van der Waals surface area contributed by atoms with E-state index in [0.717, 1.165) is 12.8 Å². The topological polar surface area (TPSA) is 36.9 Å². The van der Waals surface area contributed by atoms with E-state index in [-0.39, 0.29) is 30.0 Å². The number of hydrogen-bond acceptors (Lipinski definition) is 4. The minimum absolute atomic E-state index is 0.0826. The van der Waals surface area contributed by atoms with Gasteiger partial charge in [0.15, 0.2) is 14.1 Å². The van der Waals surface area contributed by atoms with Gasteiger partial charge < -0.3 is 18.6 Å². The molecule has 3 saturated heterocycles. The molecule has 4 aliphatic rings. The lowest BCUT2D eigenvalue weighted by molar-refractivity contribution is -0.202. The summed E-state index contributed by atoms with van der Waals surface area (Å²) in [5, 5.41) is 0. The first-order valence-corrected chi connectivity index (χ1v) is 10.8. The predicted molar refractivity (Wildman–Crippen MR) is 72.4 cm³/mol. The molecule has 0 amide bonds. The van der Waals surface area contributed by atoms with Crippen LogP contribution < -0.4 is 0 Å². The van der Waals surface area contributed by atoms with Crippen molar-refractivity contribution in [3.05, 3.63) is 0 Å². The molecule has 0 aromatic rings. The molecular weight excluding hydrogens is 260 g/mol. The van der Waals surface area contributed by atoms with E-state index in [9.17, 15) is 0 Å². The Kier molecular flexibility index (Phi) is 2.31. The number of hydrogen-bond donors (Lipinski definition) is 0. The van der Waals surface area contributed by atoms with E-state index in [2.05, 4.69) is 19.6 Å². The van der Waals surface area contributed by atoms with Crippen LogP contribution in [0.4, 0.5) is 0 Å². The summed E-state index contributed by atoms with van der Waals surface area (Å²) < 4.78 is 24.7. The third-order valence-corrected chi connectivity index (χ3v) is 5.74.